The second kappa shape index (κ2) is 21.2. The van der Waals surface area contributed by atoms with Crippen molar-refractivity contribution in [1.29, 1.82) is 0 Å². The van der Waals surface area contributed by atoms with Gasteiger partial charge in [-0.05, 0) is 78.6 Å². The van der Waals surface area contributed by atoms with Gasteiger partial charge >= 0.3 is 6.03 Å². The predicted molar refractivity (Wildman–Crippen MR) is 217 cm³/mol. The van der Waals surface area contributed by atoms with Crippen LogP contribution in [0.4, 0.5) is 4.79 Å². The number of amides is 3. The molecule has 2 aliphatic carbocycles. The molecule has 2 N–H and O–H groups in total. The normalized spacial score (nSPS) is 21.2. The molecule has 7 nitrogen and oxygen atoms in total. The maximum atomic E-state index is 13.1. The molecule has 0 aromatic heterocycles. The Morgan fingerprint density at radius 1 is 0.941 bits per heavy atom. The van der Waals surface area contributed by atoms with Crippen LogP contribution in [-0.4, -0.2) is 66.8 Å². The summed E-state index contributed by atoms with van der Waals surface area (Å²) in [7, 11) is 3.56. The first-order valence-electron chi connectivity index (χ1n) is 20.2. The highest BCUT2D eigenvalue weighted by Crippen LogP contribution is 2.53. The molecule has 0 aromatic carbocycles. The van der Waals surface area contributed by atoms with Gasteiger partial charge in [0.2, 0.25) is 5.91 Å². The lowest BCUT2D eigenvalue weighted by molar-refractivity contribution is -0.129. The van der Waals surface area contributed by atoms with Crippen LogP contribution in [-0.2, 0) is 9.59 Å². The Balaban J connectivity index is 0.000000626. The molecule has 3 aliphatic rings. The van der Waals surface area contributed by atoms with Gasteiger partial charge in [-0.2, -0.15) is 0 Å². The summed E-state index contributed by atoms with van der Waals surface area (Å²) in [5.41, 5.74) is 2.86. The van der Waals surface area contributed by atoms with E-state index in [0.717, 1.165) is 42.5 Å². The lowest BCUT2D eigenvalue weighted by atomic mass is 9.77. The van der Waals surface area contributed by atoms with Crippen molar-refractivity contribution in [3.63, 3.8) is 0 Å². The summed E-state index contributed by atoms with van der Waals surface area (Å²) >= 11 is 0. The summed E-state index contributed by atoms with van der Waals surface area (Å²) in [5.74, 6) is 3.16. The number of Topliss-reactive ketones (excluding diaryl/α,β-unsaturated/α-hetero) is 1. The summed E-state index contributed by atoms with van der Waals surface area (Å²) in [5, 5.41) is 6.34. The Kier molecular flexibility index (Phi) is 19.3. The van der Waals surface area contributed by atoms with Gasteiger partial charge in [-0.3, -0.25) is 9.59 Å². The first-order chi connectivity index (χ1) is 23.6. The van der Waals surface area contributed by atoms with Crippen molar-refractivity contribution in [2.24, 2.45) is 40.4 Å². The van der Waals surface area contributed by atoms with E-state index in [2.05, 4.69) is 105 Å². The van der Waals surface area contributed by atoms with Crippen molar-refractivity contribution in [3.8, 4) is 0 Å². The van der Waals surface area contributed by atoms with E-state index in [1.54, 1.807) is 25.9 Å². The Morgan fingerprint density at radius 2 is 1.53 bits per heavy atom. The quantitative estimate of drug-likeness (QED) is 0.123. The molecule has 3 rings (SSSR count). The van der Waals surface area contributed by atoms with E-state index in [4.69, 9.17) is 0 Å². The zero-order chi connectivity index (χ0) is 39.3. The number of urea groups is 1. The number of carbonyl (C=O) groups is 3. The smallest absolute Gasteiger partial charge is 0.315 e. The van der Waals surface area contributed by atoms with Crippen molar-refractivity contribution in [2.45, 2.75) is 159 Å². The summed E-state index contributed by atoms with van der Waals surface area (Å²) in [4.78, 5) is 40.2. The van der Waals surface area contributed by atoms with Crippen LogP contribution in [0.3, 0.4) is 0 Å². The van der Waals surface area contributed by atoms with Crippen LogP contribution in [0.5, 0.6) is 0 Å². The lowest BCUT2D eigenvalue weighted by Crippen LogP contribution is -2.53. The third-order valence-corrected chi connectivity index (χ3v) is 11.5. The Bertz CT molecular complexity index is 1150. The second-order valence-electron chi connectivity index (χ2n) is 18.2. The van der Waals surface area contributed by atoms with Crippen molar-refractivity contribution in [3.05, 3.63) is 36.6 Å². The minimum absolute atomic E-state index is 0.0167. The summed E-state index contributed by atoms with van der Waals surface area (Å²) in [6.45, 7) is 37.4. The fourth-order valence-electron chi connectivity index (χ4n) is 7.29. The van der Waals surface area contributed by atoms with Crippen LogP contribution in [0.1, 0.15) is 147 Å². The summed E-state index contributed by atoms with van der Waals surface area (Å²) in [6.07, 6.45) is 12.8. The molecule has 1 heterocycles. The Morgan fingerprint density at radius 3 is 1.94 bits per heavy atom. The zero-order valence-electron chi connectivity index (χ0n) is 35.5. The number of nitrogens with zero attached hydrogens (tertiary/aromatic N) is 2. The van der Waals surface area contributed by atoms with Gasteiger partial charge in [-0.1, -0.05) is 133 Å². The van der Waals surface area contributed by atoms with Crippen LogP contribution in [0, 0.1) is 40.4 Å². The van der Waals surface area contributed by atoms with Gasteiger partial charge in [0.25, 0.3) is 0 Å². The van der Waals surface area contributed by atoms with Crippen molar-refractivity contribution >= 4 is 17.7 Å². The molecule has 7 heteroatoms. The number of allylic oxidation sites excluding steroid dienone is 1. The number of rotatable bonds is 16. The Labute approximate surface area is 314 Å². The van der Waals surface area contributed by atoms with Crippen LogP contribution in [0.25, 0.3) is 0 Å². The van der Waals surface area contributed by atoms with Gasteiger partial charge in [0.15, 0.2) is 5.78 Å². The van der Waals surface area contributed by atoms with Crippen LogP contribution in [0.2, 0.25) is 0 Å². The molecule has 294 valence electrons. The highest BCUT2D eigenvalue weighted by molar-refractivity contribution is 5.92. The Hall–Kier alpha value is -2.57. The fraction of sp³-hybridized carbons (Fsp3) is 0.795. The monoisotopic (exact) mass is 713 g/mol. The van der Waals surface area contributed by atoms with Gasteiger partial charge in [-0.15, -0.1) is 0 Å². The topological polar surface area (TPSA) is 81.8 Å². The SMILES string of the molecule is C=C(C(C)=O)C(C)CC1CCC1.C=C(CC)C1[C@H]2C[C@H]2CN1C(=C)C(NC(=O)NCC(CCC(=O)N(C)C)C(C)(C)C)C(C)(C)C.CCCCC. The molecule has 0 spiro atoms. The molecular weight excluding hydrogens is 633 g/mol. The summed E-state index contributed by atoms with van der Waals surface area (Å²) in [6, 6.07) is -0.0123. The number of piperidine rings is 1. The van der Waals surface area contributed by atoms with Crippen LogP contribution >= 0.6 is 0 Å². The van der Waals surface area contributed by atoms with Crippen molar-refractivity contribution in [1.82, 2.24) is 20.4 Å². The predicted octanol–water partition coefficient (Wildman–Crippen LogP) is 10.2. The van der Waals surface area contributed by atoms with Gasteiger partial charge in [-0.25, -0.2) is 4.79 Å². The van der Waals surface area contributed by atoms with E-state index < -0.39 is 0 Å². The summed E-state index contributed by atoms with van der Waals surface area (Å²) < 4.78 is 0. The van der Waals surface area contributed by atoms with Gasteiger partial charge in [0.05, 0.1) is 12.1 Å². The van der Waals surface area contributed by atoms with E-state index in [-0.39, 0.29) is 40.5 Å². The number of hydrogen-bond acceptors (Lipinski definition) is 4. The zero-order valence-corrected chi connectivity index (χ0v) is 35.5. The molecular formula is C44H80N4O3. The number of unbranched alkanes of at least 4 members (excludes halogenated alkanes) is 2. The highest BCUT2D eigenvalue weighted by atomic mass is 16.2. The van der Waals surface area contributed by atoms with Crippen LogP contribution in [0.15, 0.2) is 36.6 Å². The van der Waals surface area contributed by atoms with E-state index in [1.165, 1.54) is 56.9 Å². The van der Waals surface area contributed by atoms with Crippen molar-refractivity contribution < 1.29 is 14.4 Å². The maximum absolute atomic E-state index is 13.1. The maximum Gasteiger partial charge on any atom is 0.315 e. The number of fused-ring (bicyclic) bond motifs is 1. The van der Waals surface area contributed by atoms with E-state index >= 15 is 0 Å². The van der Waals surface area contributed by atoms with Crippen LogP contribution < -0.4 is 10.6 Å². The number of likely N-dealkylation sites (tertiary alicyclic amines) is 1. The van der Waals surface area contributed by atoms with E-state index in [1.807, 2.05) is 0 Å². The molecule has 2 saturated carbocycles. The van der Waals surface area contributed by atoms with Gasteiger partial charge in [0, 0.05) is 39.3 Å². The van der Waals surface area contributed by atoms with E-state index in [0.29, 0.717) is 30.8 Å². The standard InChI is InChI=1S/C28H50N4O2.C11H18O.C5H12/c1-12-18(2)24-22-15-20(22)17-32(24)19(3)25(28(7,8)9)30-26(34)29-16-21(27(4,5)6)13-14-23(33)31(10)11;1-8(9(2)10(3)12)7-11-5-4-6-11;1-3-5-4-2/h20-22,24-25H,2-3,12-17H2,1,4-11H3,(H2,29,30,34);8,11H,2,4-7H2,1,3H3;3-5H2,1-2H3/t20-,21?,22-,24?,25?;;/m0../s1. The second-order valence-corrected chi connectivity index (χ2v) is 18.2. The van der Waals surface area contributed by atoms with Gasteiger partial charge < -0.3 is 20.4 Å². The minimum atomic E-state index is -0.180. The largest absolute Gasteiger partial charge is 0.366 e. The number of hydrogen-bond donors (Lipinski definition) is 2. The van der Waals surface area contributed by atoms with Gasteiger partial charge in [0.1, 0.15) is 0 Å². The molecule has 0 radical (unpaired) electrons. The average molecular weight is 713 g/mol. The first kappa shape index (κ1) is 46.5. The molecule has 3 amide bonds. The van der Waals surface area contributed by atoms with Crippen molar-refractivity contribution in [2.75, 3.05) is 27.2 Å². The molecule has 1 saturated heterocycles. The molecule has 0 bridgehead atoms. The first-order valence-corrected chi connectivity index (χ1v) is 20.2. The molecule has 1 aliphatic heterocycles. The molecule has 4 unspecified atom stereocenters. The van der Waals surface area contributed by atoms with E-state index in [9.17, 15) is 14.4 Å². The molecule has 0 aromatic rings. The highest BCUT2D eigenvalue weighted by Gasteiger charge is 2.54. The lowest BCUT2D eigenvalue weighted by Gasteiger charge is -2.41. The molecule has 3 fully saturated rings. The number of nitrogens with one attached hydrogen (secondary N) is 2. The third kappa shape index (κ3) is 15.5. The third-order valence-electron chi connectivity index (χ3n) is 11.5. The number of carbonyl (C=O) groups excluding carboxylic acids is 3. The molecule has 6 atom stereocenters. The minimum Gasteiger partial charge on any atom is -0.366 e. The fourth-order valence-corrected chi connectivity index (χ4v) is 7.29. The average Bonchev–Trinajstić information content (AvgIpc) is 3.68. The molecule has 51 heavy (non-hydrogen) atoms. The number of ketones is 1.